The lowest BCUT2D eigenvalue weighted by atomic mass is 9.86. The van der Waals surface area contributed by atoms with Crippen molar-refractivity contribution in [3.05, 3.63) is 62.9 Å². The molecule has 9 heteroatoms. The van der Waals surface area contributed by atoms with Gasteiger partial charge in [-0.15, -0.1) is 0 Å². The smallest absolute Gasteiger partial charge is 0.333 e. The third kappa shape index (κ3) is 2.87. The molecule has 4 atom stereocenters. The van der Waals surface area contributed by atoms with E-state index in [9.17, 15) is 19.8 Å². The molecule has 2 fully saturated rings. The van der Waals surface area contributed by atoms with Crippen LogP contribution < -0.4 is 16.0 Å². The van der Waals surface area contributed by atoms with Crippen LogP contribution in [0, 0.1) is 0 Å². The largest absolute Gasteiger partial charge is 0.497 e. The molecule has 150 valence electrons. The lowest BCUT2D eigenvalue weighted by molar-refractivity contribution is -0.227. The van der Waals surface area contributed by atoms with Crippen molar-refractivity contribution in [1.82, 2.24) is 9.13 Å². The molecule has 1 unspecified atom stereocenters. The quantitative estimate of drug-likeness (QED) is 0.706. The van der Waals surface area contributed by atoms with Crippen LogP contribution in [-0.4, -0.2) is 57.5 Å². The summed E-state index contributed by atoms with van der Waals surface area (Å²) < 4.78 is 18.8. The van der Waals surface area contributed by atoms with Crippen molar-refractivity contribution in [2.75, 3.05) is 20.3 Å². The first-order valence-electron chi connectivity index (χ1n) is 9.03. The second-order valence-electron chi connectivity index (χ2n) is 6.99. The van der Waals surface area contributed by atoms with Gasteiger partial charge < -0.3 is 24.4 Å². The van der Waals surface area contributed by atoms with E-state index in [1.807, 2.05) is 0 Å². The lowest BCUT2D eigenvalue weighted by Gasteiger charge is -2.44. The zero-order chi connectivity index (χ0) is 19.9. The highest BCUT2D eigenvalue weighted by Gasteiger charge is 2.61. The number of hydrogen-bond acceptors (Lipinski definition) is 7. The molecular weight excluding hydrogens is 368 g/mol. The molecule has 2 saturated heterocycles. The van der Waals surface area contributed by atoms with Crippen molar-refractivity contribution in [3.63, 3.8) is 0 Å². The Balaban J connectivity index is 1.70. The van der Waals surface area contributed by atoms with Crippen molar-refractivity contribution in [2.24, 2.45) is 0 Å². The van der Waals surface area contributed by atoms with E-state index in [1.54, 1.807) is 31.4 Å². The van der Waals surface area contributed by atoms with E-state index in [2.05, 4.69) is 0 Å². The van der Waals surface area contributed by atoms with Crippen LogP contribution in [0.3, 0.4) is 0 Å². The van der Waals surface area contributed by atoms with E-state index in [-0.39, 0.29) is 6.54 Å². The number of rotatable bonds is 5. The number of methoxy groups -OCH3 is 1. The summed E-state index contributed by atoms with van der Waals surface area (Å²) in [6.45, 7) is 0.105. The Hall–Kier alpha value is -2.46. The fraction of sp³-hybridized carbons (Fsp3) is 0.474. The van der Waals surface area contributed by atoms with Crippen molar-refractivity contribution < 1.29 is 24.4 Å². The van der Waals surface area contributed by atoms with Gasteiger partial charge in [0.1, 0.15) is 23.6 Å². The summed E-state index contributed by atoms with van der Waals surface area (Å²) in [5, 5.41) is 19.9. The molecule has 2 aliphatic heterocycles. The molecule has 2 aliphatic rings. The van der Waals surface area contributed by atoms with Gasteiger partial charge in [0, 0.05) is 18.7 Å². The number of benzene rings is 1. The van der Waals surface area contributed by atoms with E-state index in [4.69, 9.17) is 14.2 Å². The molecule has 0 saturated carbocycles. The van der Waals surface area contributed by atoms with E-state index in [1.165, 1.54) is 16.8 Å². The molecule has 4 rings (SSSR count). The second kappa shape index (κ2) is 7.17. The summed E-state index contributed by atoms with van der Waals surface area (Å²) in [5.74, 6) is 0.675. The van der Waals surface area contributed by atoms with Crippen LogP contribution in [0.5, 0.6) is 5.75 Å². The topological polar surface area (TPSA) is 112 Å². The average molecular weight is 390 g/mol. The molecular formula is C19H22N2O7. The summed E-state index contributed by atoms with van der Waals surface area (Å²) in [7, 11) is 1.56. The van der Waals surface area contributed by atoms with E-state index in [0.717, 1.165) is 10.1 Å². The van der Waals surface area contributed by atoms with Gasteiger partial charge in [-0.2, -0.15) is 0 Å². The predicted molar refractivity (Wildman–Crippen MR) is 97.4 cm³/mol. The average Bonchev–Trinajstić information content (AvgIpc) is 2.98. The van der Waals surface area contributed by atoms with Gasteiger partial charge in [-0.25, -0.2) is 4.79 Å². The Kier molecular flexibility index (Phi) is 4.84. The van der Waals surface area contributed by atoms with E-state index < -0.39 is 41.9 Å². The third-order valence-electron chi connectivity index (χ3n) is 5.47. The van der Waals surface area contributed by atoms with Crippen LogP contribution in [0.2, 0.25) is 0 Å². The van der Waals surface area contributed by atoms with Crippen LogP contribution in [0.15, 0.2) is 46.1 Å². The van der Waals surface area contributed by atoms with Crippen LogP contribution in [0.25, 0.3) is 0 Å². The maximum Gasteiger partial charge on any atom is 0.333 e. The summed E-state index contributed by atoms with van der Waals surface area (Å²) >= 11 is 0. The monoisotopic (exact) mass is 390 g/mol. The van der Waals surface area contributed by atoms with Crippen molar-refractivity contribution >= 4 is 0 Å². The molecule has 1 aromatic carbocycles. The Morgan fingerprint density at radius 3 is 2.54 bits per heavy atom. The number of aliphatic hydroxyl groups excluding tert-OH is 2. The zero-order valence-electron chi connectivity index (χ0n) is 15.4. The number of nitrogens with zero attached hydrogens (tertiary/aromatic N) is 2. The first kappa shape index (κ1) is 18.9. The van der Waals surface area contributed by atoms with Gasteiger partial charge in [0.05, 0.1) is 26.9 Å². The Bertz CT molecular complexity index is 961. The van der Waals surface area contributed by atoms with Gasteiger partial charge >= 0.3 is 5.69 Å². The Labute approximate surface area is 160 Å². The third-order valence-corrected chi connectivity index (χ3v) is 5.47. The second-order valence-corrected chi connectivity index (χ2v) is 6.99. The maximum absolute atomic E-state index is 13.1. The number of aliphatic hydroxyl groups is 2. The number of aromatic nitrogens is 2. The first-order chi connectivity index (χ1) is 13.5. The summed E-state index contributed by atoms with van der Waals surface area (Å²) in [6, 6.07) is 8.33. The van der Waals surface area contributed by atoms with Gasteiger partial charge in [-0.1, -0.05) is 12.1 Å². The highest BCUT2D eigenvalue weighted by molar-refractivity contribution is 5.27. The molecule has 0 amide bonds. The SMILES string of the molecule is COc1ccc(Cn2c(=O)ccn(C3O[C@H](CO)[C@@H](O)[C@]34CCO4)c2=O)cc1. The normalized spacial score (nSPS) is 29.0. The fourth-order valence-electron chi connectivity index (χ4n) is 3.79. The summed E-state index contributed by atoms with van der Waals surface area (Å²) in [5.41, 5.74) is -1.36. The predicted octanol–water partition coefficient (Wildman–Crippen LogP) is -0.523. The standard InChI is InChI=1S/C19H22N2O7/c1-26-13-4-2-12(3-5-13)10-21-15(23)6-8-20(18(21)25)17-19(7-9-27-19)16(24)14(11-22)28-17/h2-6,8,14,16-17,22,24H,7,9-11H2,1H3/t14-,16-,17?,19-/m1/s1. The minimum atomic E-state index is -1.10. The van der Waals surface area contributed by atoms with Crippen molar-refractivity contribution in [3.8, 4) is 5.75 Å². The molecule has 2 N–H and O–H groups in total. The summed E-state index contributed by atoms with van der Waals surface area (Å²) in [6.07, 6.45) is -1.03. The Morgan fingerprint density at radius 1 is 1.25 bits per heavy atom. The van der Waals surface area contributed by atoms with Gasteiger partial charge in [-0.3, -0.25) is 13.9 Å². The molecule has 0 bridgehead atoms. The highest BCUT2D eigenvalue weighted by Crippen LogP contribution is 2.47. The molecule has 2 aromatic rings. The first-order valence-corrected chi connectivity index (χ1v) is 9.03. The van der Waals surface area contributed by atoms with Crippen LogP contribution in [0.4, 0.5) is 0 Å². The van der Waals surface area contributed by atoms with Gasteiger partial charge in [0.2, 0.25) is 0 Å². The van der Waals surface area contributed by atoms with Gasteiger partial charge in [-0.05, 0) is 17.7 Å². The fourth-order valence-corrected chi connectivity index (χ4v) is 3.79. The molecule has 0 radical (unpaired) electrons. The lowest BCUT2D eigenvalue weighted by Crippen LogP contribution is -2.58. The van der Waals surface area contributed by atoms with Crippen LogP contribution in [-0.2, 0) is 16.0 Å². The molecule has 1 spiro atoms. The van der Waals surface area contributed by atoms with Gasteiger partial charge in [0.15, 0.2) is 6.23 Å². The van der Waals surface area contributed by atoms with Crippen LogP contribution >= 0.6 is 0 Å². The van der Waals surface area contributed by atoms with Crippen LogP contribution in [0.1, 0.15) is 18.2 Å². The molecule has 3 heterocycles. The molecule has 0 aliphatic carbocycles. The van der Waals surface area contributed by atoms with E-state index in [0.29, 0.717) is 18.8 Å². The van der Waals surface area contributed by atoms with Crippen molar-refractivity contribution in [2.45, 2.75) is 37.0 Å². The zero-order valence-corrected chi connectivity index (χ0v) is 15.4. The molecule has 28 heavy (non-hydrogen) atoms. The highest BCUT2D eigenvalue weighted by atomic mass is 16.6. The number of ether oxygens (including phenoxy) is 3. The minimum absolute atomic E-state index is 0.0784. The number of hydrogen-bond donors (Lipinski definition) is 2. The minimum Gasteiger partial charge on any atom is -0.497 e. The molecule has 9 nitrogen and oxygen atoms in total. The van der Waals surface area contributed by atoms with Crippen molar-refractivity contribution in [1.29, 1.82) is 0 Å². The maximum atomic E-state index is 13.1. The summed E-state index contributed by atoms with van der Waals surface area (Å²) in [4.78, 5) is 25.4. The Morgan fingerprint density at radius 2 is 1.96 bits per heavy atom. The molecule has 1 aromatic heterocycles. The van der Waals surface area contributed by atoms with E-state index >= 15 is 0 Å². The van der Waals surface area contributed by atoms with Gasteiger partial charge in [0.25, 0.3) is 5.56 Å².